The normalized spacial score (nSPS) is 18.8. The van der Waals surface area contributed by atoms with Gasteiger partial charge in [0.2, 0.25) is 0 Å². The number of nitrogens with one attached hydrogen (secondary N) is 1. The number of ether oxygens (including phenoxy) is 3. The Kier molecular flexibility index (Phi) is 6.39. The summed E-state index contributed by atoms with van der Waals surface area (Å²) in [6, 6.07) is 11.9. The number of hydrogen-bond acceptors (Lipinski definition) is 5. The van der Waals surface area contributed by atoms with E-state index in [9.17, 15) is 9.59 Å². The van der Waals surface area contributed by atoms with E-state index in [-0.39, 0.29) is 24.0 Å². The van der Waals surface area contributed by atoms with Crippen molar-refractivity contribution in [3.05, 3.63) is 53.6 Å². The van der Waals surface area contributed by atoms with Gasteiger partial charge in [0, 0.05) is 24.7 Å². The fraction of sp³-hybridized carbons (Fsp3) is 0.364. The van der Waals surface area contributed by atoms with Gasteiger partial charge < -0.3 is 24.4 Å². The van der Waals surface area contributed by atoms with Crippen LogP contribution in [0.4, 0.5) is 5.69 Å². The minimum Gasteiger partial charge on any atom is -0.497 e. The summed E-state index contributed by atoms with van der Waals surface area (Å²) in [6.07, 6.45) is -0.0672. The summed E-state index contributed by atoms with van der Waals surface area (Å²) in [7, 11) is 3.05. The molecule has 2 aromatic carbocycles. The number of methoxy groups -OCH3 is 2. The fourth-order valence-corrected chi connectivity index (χ4v) is 3.43. The van der Waals surface area contributed by atoms with Crippen LogP contribution in [0.5, 0.6) is 11.5 Å². The Hall–Kier alpha value is -3.06. The van der Waals surface area contributed by atoms with Crippen LogP contribution in [0.2, 0.25) is 0 Å². The Morgan fingerprint density at radius 3 is 2.17 bits per heavy atom. The third-order valence-electron chi connectivity index (χ3n) is 4.73. The first kappa shape index (κ1) is 20.7. The van der Waals surface area contributed by atoms with Crippen molar-refractivity contribution in [2.75, 3.05) is 32.6 Å². The van der Waals surface area contributed by atoms with E-state index < -0.39 is 0 Å². The summed E-state index contributed by atoms with van der Waals surface area (Å²) in [6.45, 7) is 4.91. The Morgan fingerprint density at radius 2 is 1.59 bits per heavy atom. The third kappa shape index (κ3) is 4.86. The van der Waals surface area contributed by atoms with Crippen molar-refractivity contribution in [3.63, 3.8) is 0 Å². The molecule has 0 radical (unpaired) electrons. The highest BCUT2D eigenvalue weighted by Crippen LogP contribution is 2.25. The molecule has 7 nitrogen and oxygen atoms in total. The number of morpholine rings is 1. The second kappa shape index (κ2) is 8.96. The minimum atomic E-state index is -0.355. The minimum absolute atomic E-state index is 0.0336. The van der Waals surface area contributed by atoms with Crippen molar-refractivity contribution < 1.29 is 23.8 Å². The smallest absolute Gasteiger partial charge is 0.256 e. The molecule has 0 aliphatic carbocycles. The van der Waals surface area contributed by atoms with Crippen LogP contribution < -0.4 is 14.8 Å². The summed E-state index contributed by atoms with van der Waals surface area (Å²) in [4.78, 5) is 27.7. The number of para-hydroxylation sites is 1. The zero-order chi connectivity index (χ0) is 21.0. The molecule has 1 saturated heterocycles. The molecule has 2 atom stereocenters. The summed E-state index contributed by atoms with van der Waals surface area (Å²) in [5, 5.41) is 2.84. The van der Waals surface area contributed by atoms with E-state index in [4.69, 9.17) is 14.2 Å². The molecule has 2 amide bonds. The zero-order valence-electron chi connectivity index (χ0n) is 17.1. The maximum absolute atomic E-state index is 13.1. The van der Waals surface area contributed by atoms with E-state index in [1.54, 1.807) is 47.4 Å². The average Bonchev–Trinajstić information content (AvgIpc) is 2.72. The molecule has 0 bridgehead atoms. The first-order chi connectivity index (χ1) is 13.9. The maximum Gasteiger partial charge on any atom is 0.256 e. The van der Waals surface area contributed by atoms with Crippen LogP contribution in [0, 0.1) is 0 Å². The molecule has 1 N–H and O–H groups in total. The number of carbonyl (C=O) groups is 2. The molecule has 3 rings (SSSR count). The molecule has 1 fully saturated rings. The molecule has 154 valence electrons. The lowest BCUT2D eigenvalue weighted by molar-refractivity contribution is -0.0585. The summed E-state index contributed by atoms with van der Waals surface area (Å²) >= 11 is 0. The number of nitrogens with zero attached hydrogens (tertiary/aromatic N) is 1. The van der Waals surface area contributed by atoms with E-state index in [0.29, 0.717) is 41.4 Å². The summed E-state index contributed by atoms with van der Waals surface area (Å²) < 4.78 is 16.2. The molecule has 1 aliphatic rings. The predicted octanol–water partition coefficient (Wildman–Crippen LogP) is 3.21. The zero-order valence-corrected chi connectivity index (χ0v) is 17.1. The Morgan fingerprint density at radius 1 is 1.00 bits per heavy atom. The number of anilines is 1. The van der Waals surface area contributed by atoms with Crippen LogP contribution >= 0.6 is 0 Å². The lowest BCUT2D eigenvalue weighted by atomic mass is 10.1. The van der Waals surface area contributed by atoms with Gasteiger partial charge >= 0.3 is 0 Å². The molecular formula is C22H26N2O5. The number of benzene rings is 2. The van der Waals surface area contributed by atoms with Crippen LogP contribution in [0.1, 0.15) is 34.6 Å². The summed E-state index contributed by atoms with van der Waals surface area (Å²) in [5.74, 6) is 0.530. The van der Waals surface area contributed by atoms with Crippen LogP contribution in [-0.4, -0.2) is 56.2 Å². The highest BCUT2D eigenvalue weighted by Gasteiger charge is 2.28. The Balaban J connectivity index is 1.84. The predicted molar refractivity (Wildman–Crippen MR) is 110 cm³/mol. The third-order valence-corrected chi connectivity index (χ3v) is 4.73. The van der Waals surface area contributed by atoms with Crippen molar-refractivity contribution in [3.8, 4) is 11.5 Å². The van der Waals surface area contributed by atoms with Gasteiger partial charge in [-0.05, 0) is 38.1 Å². The first-order valence-electron chi connectivity index (χ1n) is 9.49. The lowest BCUT2D eigenvalue weighted by Gasteiger charge is -2.35. The highest BCUT2D eigenvalue weighted by atomic mass is 16.5. The first-order valence-corrected chi connectivity index (χ1v) is 9.49. The molecular weight excluding hydrogens is 372 g/mol. The van der Waals surface area contributed by atoms with Gasteiger partial charge in [0.1, 0.15) is 11.5 Å². The molecule has 0 saturated carbocycles. The van der Waals surface area contributed by atoms with Gasteiger partial charge in [-0.1, -0.05) is 12.1 Å². The number of carbonyl (C=O) groups excluding carboxylic acids is 2. The van der Waals surface area contributed by atoms with Gasteiger partial charge in [-0.3, -0.25) is 9.59 Å². The van der Waals surface area contributed by atoms with Gasteiger partial charge in [0.05, 0.1) is 37.7 Å². The molecule has 2 aromatic rings. The molecule has 29 heavy (non-hydrogen) atoms. The van der Waals surface area contributed by atoms with Crippen molar-refractivity contribution in [2.24, 2.45) is 0 Å². The number of rotatable bonds is 5. The molecule has 1 heterocycles. The molecule has 7 heteroatoms. The maximum atomic E-state index is 13.1. The van der Waals surface area contributed by atoms with Crippen molar-refractivity contribution in [1.29, 1.82) is 0 Å². The molecule has 1 aliphatic heterocycles. The molecule has 0 unspecified atom stereocenters. The second-order valence-corrected chi connectivity index (χ2v) is 7.07. The topological polar surface area (TPSA) is 77.1 Å². The lowest BCUT2D eigenvalue weighted by Crippen LogP contribution is -2.48. The monoisotopic (exact) mass is 398 g/mol. The van der Waals surface area contributed by atoms with Crippen molar-refractivity contribution in [2.45, 2.75) is 26.1 Å². The fourth-order valence-electron chi connectivity index (χ4n) is 3.43. The van der Waals surface area contributed by atoms with Crippen molar-refractivity contribution in [1.82, 2.24) is 4.90 Å². The quantitative estimate of drug-likeness (QED) is 0.837. The van der Waals surface area contributed by atoms with Crippen LogP contribution in [0.3, 0.4) is 0 Å². The van der Waals surface area contributed by atoms with E-state index in [1.807, 2.05) is 13.8 Å². The van der Waals surface area contributed by atoms with E-state index >= 15 is 0 Å². The van der Waals surface area contributed by atoms with Gasteiger partial charge in [-0.2, -0.15) is 0 Å². The number of hydrogen-bond donors (Lipinski definition) is 1. The average molecular weight is 398 g/mol. The van der Waals surface area contributed by atoms with Crippen molar-refractivity contribution >= 4 is 17.5 Å². The Labute approximate surface area is 170 Å². The van der Waals surface area contributed by atoms with Gasteiger partial charge in [-0.25, -0.2) is 0 Å². The molecule has 0 aromatic heterocycles. The SMILES string of the molecule is COc1cc(OC)cc(C(=O)Nc2ccccc2C(=O)N2C[C@H](C)O[C@@H](C)C2)c1. The van der Waals surface area contributed by atoms with Gasteiger partial charge in [-0.15, -0.1) is 0 Å². The van der Waals surface area contributed by atoms with Crippen LogP contribution in [0.25, 0.3) is 0 Å². The standard InChI is InChI=1S/C22H26N2O5/c1-14-12-24(13-15(2)29-14)22(26)19-7-5-6-8-20(19)23-21(25)16-9-17(27-3)11-18(10-16)28-4/h5-11,14-15H,12-13H2,1-4H3,(H,23,25)/t14-,15-/m0/s1. The van der Waals surface area contributed by atoms with E-state index in [2.05, 4.69) is 5.32 Å². The van der Waals surface area contributed by atoms with E-state index in [1.165, 1.54) is 14.2 Å². The Bertz CT molecular complexity index is 866. The van der Waals surface area contributed by atoms with Crippen LogP contribution in [0.15, 0.2) is 42.5 Å². The van der Waals surface area contributed by atoms with Gasteiger partial charge in [0.25, 0.3) is 11.8 Å². The second-order valence-electron chi connectivity index (χ2n) is 7.07. The number of amides is 2. The van der Waals surface area contributed by atoms with Crippen LogP contribution in [-0.2, 0) is 4.74 Å². The molecule has 0 spiro atoms. The largest absolute Gasteiger partial charge is 0.497 e. The van der Waals surface area contributed by atoms with E-state index in [0.717, 1.165) is 0 Å². The summed E-state index contributed by atoms with van der Waals surface area (Å²) in [5.41, 5.74) is 1.27. The van der Waals surface area contributed by atoms with Gasteiger partial charge in [0.15, 0.2) is 0 Å². The highest BCUT2D eigenvalue weighted by molar-refractivity contribution is 6.09.